The van der Waals surface area contributed by atoms with E-state index >= 15 is 0 Å². The van der Waals surface area contributed by atoms with Crippen molar-refractivity contribution in [2.24, 2.45) is 17.7 Å². The lowest BCUT2D eigenvalue weighted by Crippen LogP contribution is -2.30. The highest BCUT2D eigenvalue weighted by molar-refractivity contribution is 6.00. The predicted octanol–water partition coefficient (Wildman–Crippen LogP) is 2.00. The molecule has 0 aliphatic carbocycles. The molecule has 0 radical (unpaired) electrons. The molecular weight excluding hydrogens is 272 g/mol. The van der Waals surface area contributed by atoms with Crippen LogP contribution in [0, 0.1) is 22.0 Å². The van der Waals surface area contributed by atoms with E-state index in [4.69, 9.17) is 5.84 Å². The number of nitrogen functional groups attached to an aromatic ring is 1. The van der Waals surface area contributed by atoms with E-state index in [0.717, 1.165) is 6.42 Å². The van der Waals surface area contributed by atoms with Crippen LogP contribution in [0.1, 0.15) is 30.6 Å². The molecule has 1 atom stereocenters. The van der Waals surface area contributed by atoms with Gasteiger partial charge in [-0.2, -0.15) is 0 Å². The minimum absolute atomic E-state index is 0.0832. The van der Waals surface area contributed by atoms with Crippen LogP contribution in [-0.2, 0) is 0 Å². The molecule has 1 amide bonds. The Balaban J connectivity index is 2.30. The fourth-order valence-corrected chi connectivity index (χ4v) is 2.72. The van der Waals surface area contributed by atoms with Crippen molar-refractivity contribution in [2.75, 3.05) is 18.5 Å². The van der Waals surface area contributed by atoms with Gasteiger partial charge < -0.3 is 10.3 Å². The molecule has 1 aromatic carbocycles. The Bertz CT molecular complexity index is 559. The summed E-state index contributed by atoms with van der Waals surface area (Å²) in [5.41, 5.74) is 2.24. The lowest BCUT2D eigenvalue weighted by Gasteiger charge is -2.18. The molecule has 114 valence electrons. The zero-order valence-electron chi connectivity index (χ0n) is 12.2. The quantitative estimate of drug-likeness (QED) is 0.502. The lowest BCUT2D eigenvalue weighted by molar-refractivity contribution is -0.384. The maximum Gasteiger partial charge on any atom is 0.306 e. The first-order chi connectivity index (χ1) is 9.95. The van der Waals surface area contributed by atoms with Crippen molar-refractivity contribution in [1.82, 2.24) is 4.90 Å². The number of nitrogens with two attached hydrogens (primary N) is 1. The molecule has 0 saturated carbocycles. The second kappa shape index (κ2) is 6.09. The van der Waals surface area contributed by atoms with E-state index in [0.29, 0.717) is 24.9 Å². The zero-order chi connectivity index (χ0) is 15.6. The van der Waals surface area contributed by atoms with Gasteiger partial charge in [0.15, 0.2) is 0 Å². The van der Waals surface area contributed by atoms with Gasteiger partial charge >= 0.3 is 5.69 Å². The van der Waals surface area contributed by atoms with Crippen molar-refractivity contribution in [3.63, 3.8) is 0 Å². The van der Waals surface area contributed by atoms with Crippen molar-refractivity contribution < 1.29 is 9.72 Å². The van der Waals surface area contributed by atoms with E-state index in [1.165, 1.54) is 12.1 Å². The molecule has 2 rings (SSSR count). The number of anilines is 1. The van der Waals surface area contributed by atoms with Gasteiger partial charge in [-0.15, -0.1) is 0 Å². The summed E-state index contributed by atoms with van der Waals surface area (Å²) in [4.78, 5) is 24.9. The van der Waals surface area contributed by atoms with Crippen LogP contribution in [0.4, 0.5) is 11.4 Å². The molecule has 1 fully saturated rings. The number of rotatable bonds is 4. The van der Waals surface area contributed by atoms with Crippen LogP contribution in [-0.4, -0.2) is 28.8 Å². The number of nitro benzene ring substituents is 1. The number of nitrogens with zero attached hydrogens (tertiary/aromatic N) is 2. The molecule has 1 aliphatic heterocycles. The van der Waals surface area contributed by atoms with Gasteiger partial charge in [-0.1, -0.05) is 19.9 Å². The van der Waals surface area contributed by atoms with Crippen molar-refractivity contribution >= 4 is 17.3 Å². The number of benzene rings is 1. The summed E-state index contributed by atoms with van der Waals surface area (Å²) in [6, 6.07) is 4.55. The molecule has 7 heteroatoms. The first kappa shape index (κ1) is 15.2. The Morgan fingerprint density at radius 2 is 2.24 bits per heavy atom. The van der Waals surface area contributed by atoms with Crippen molar-refractivity contribution in [2.45, 2.75) is 20.3 Å². The number of nitrogens with one attached hydrogen (secondary N) is 1. The van der Waals surface area contributed by atoms with E-state index in [2.05, 4.69) is 19.3 Å². The molecule has 21 heavy (non-hydrogen) atoms. The third-order valence-electron chi connectivity index (χ3n) is 4.06. The fraction of sp³-hybridized carbons (Fsp3) is 0.500. The predicted molar refractivity (Wildman–Crippen MR) is 79.8 cm³/mol. The maximum atomic E-state index is 12.6. The summed E-state index contributed by atoms with van der Waals surface area (Å²) in [6.07, 6.45) is 0.937. The van der Waals surface area contributed by atoms with E-state index in [-0.39, 0.29) is 22.8 Å². The summed E-state index contributed by atoms with van der Waals surface area (Å²) in [5, 5.41) is 11.2. The van der Waals surface area contributed by atoms with Gasteiger partial charge in [0.25, 0.3) is 5.91 Å². The van der Waals surface area contributed by atoms with Crippen LogP contribution in [0.2, 0.25) is 0 Å². The van der Waals surface area contributed by atoms with Gasteiger partial charge in [-0.05, 0) is 30.4 Å². The zero-order valence-corrected chi connectivity index (χ0v) is 12.2. The second-order valence-electron chi connectivity index (χ2n) is 5.65. The van der Waals surface area contributed by atoms with E-state index in [1.807, 2.05) is 0 Å². The molecule has 1 unspecified atom stereocenters. The highest BCUT2D eigenvalue weighted by Gasteiger charge is 2.32. The topological polar surface area (TPSA) is 102 Å². The Morgan fingerprint density at radius 3 is 2.76 bits per heavy atom. The number of hydrogen-bond donors (Lipinski definition) is 2. The summed E-state index contributed by atoms with van der Waals surface area (Å²) < 4.78 is 0. The van der Waals surface area contributed by atoms with Crippen LogP contribution in [0.25, 0.3) is 0 Å². The number of para-hydroxylation sites is 1. The molecule has 1 saturated heterocycles. The van der Waals surface area contributed by atoms with E-state index in [1.54, 1.807) is 11.0 Å². The molecule has 7 nitrogen and oxygen atoms in total. The normalized spacial score (nSPS) is 18.1. The molecule has 0 aromatic heterocycles. The molecule has 1 aliphatic rings. The van der Waals surface area contributed by atoms with Crippen LogP contribution >= 0.6 is 0 Å². The van der Waals surface area contributed by atoms with Crippen molar-refractivity contribution in [1.29, 1.82) is 0 Å². The standard InChI is InChI=1S/C14H20N4O3/c1-9(2)10-6-7-17(8-10)14(19)11-4-3-5-12(16-15)13(11)18(20)21/h3-5,9-10,16H,6-8,15H2,1-2H3. The summed E-state index contributed by atoms with van der Waals surface area (Å²) in [6.45, 7) is 5.53. The fourth-order valence-electron chi connectivity index (χ4n) is 2.72. The number of amides is 1. The second-order valence-corrected chi connectivity index (χ2v) is 5.65. The third-order valence-corrected chi connectivity index (χ3v) is 4.06. The average molecular weight is 292 g/mol. The Labute approximate surface area is 123 Å². The summed E-state index contributed by atoms with van der Waals surface area (Å²) in [5.74, 6) is 5.93. The molecule has 1 heterocycles. The van der Waals surface area contributed by atoms with E-state index in [9.17, 15) is 14.9 Å². The van der Waals surface area contributed by atoms with Gasteiger partial charge in [0.1, 0.15) is 11.3 Å². The van der Waals surface area contributed by atoms with Crippen LogP contribution in [0.5, 0.6) is 0 Å². The van der Waals surface area contributed by atoms with Gasteiger partial charge in [0.05, 0.1) is 4.92 Å². The van der Waals surface area contributed by atoms with Crippen LogP contribution < -0.4 is 11.3 Å². The summed E-state index contributed by atoms with van der Waals surface area (Å²) in [7, 11) is 0. The number of hydrazine groups is 1. The molecule has 0 bridgehead atoms. The maximum absolute atomic E-state index is 12.6. The smallest absolute Gasteiger partial charge is 0.306 e. The number of carbonyl (C=O) groups is 1. The average Bonchev–Trinajstić information content (AvgIpc) is 2.95. The van der Waals surface area contributed by atoms with Gasteiger partial charge in [0, 0.05) is 13.1 Å². The lowest BCUT2D eigenvalue weighted by atomic mass is 9.95. The highest BCUT2D eigenvalue weighted by atomic mass is 16.6. The highest BCUT2D eigenvalue weighted by Crippen LogP contribution is 2.31. The Morgan fingerprint density at radius 1 is 1.52 bits per heavy atom. The number of hydrogen-bond acceptors (Lipinski definition) is 5. The van der Waals surface area contributed by atoms with E-state index < -0.39 is 4.92 Å². The third kappa shape index (κ3) is 2.97. The molecule has 1 aromatic rings. The Hall–Kier alpha value is -2.15. The minimum atomic E-state index is -0.571. The Kier molecular flexibility index (Phi) is 4.42. The number of nitro groups is 1. The van der Waals surface area contributed by atoms with Crippen molar-refractivity contribution in [3.05, 3.63) is 33.9 Å². The first-order valence-electron chi connectivity index (χ1n) is 6.99. The van der Waals surface area contributed by atoms with Crippen LogP contribution in [0.15, 0.2) is 18.2 Å². The monoisotopic (exact) mass is 292 g/mol. The SMILES string of the molecule is CC(C)C1CCN(C(=O)c2cccc(NN)c2[N+](=O)[O-])C1. The first-order valence-corrected chi connectivity index (χ1v) is 6.99. The summed E-state index contributed by atoms with van der Waals surface area (Å²) >= 11 is 0. The van der Waals surface area contributed by atoms with Gasteiger partial charge in [-0.25, -0.2) is 0 Å². The van der Waals surface area contributed by atoms with Gasteiger partial charge in [-0.3, -0.25) is 20.8 Å². The number of carbonyl (C=O) groups excluding carboxylic acids is 1. The molecule has 3 N–H and O–H groups in total. The molecule has 0 spiro atoms. The minimum Gasteiger partial charge on any atom is -0.338 e. The number of likely N-dealkylation sites (tertiary alicyclic amines) is 1. The molecular formula is C14H20N4O3. The van der Waals surface area contributed by atoms with Crippen LogP contribution in [0.3, 0.4) is 0 Å². The largest absolute Gasteiger partial charge is 0.338 e. The van der Waals surface area contributed by atoms with Gasteiger partial charge in [0.2, 0.25) is 0 Å². The van der Waals surface area contributed by atoms with Crippen molar-refractivity contribution in [3.8, 4) is 0 Å².